The molecule has 0 aliphatic rings. The van der Waals surface area contributed by atoms with E-state index in [1.807, 2.05) is 24.3 Å². The molecule has 0 saturated carbocycles. The largest absolute Gasteiger partial charge is 0.391 e. The average Bonchev–Trinajstić information content (AvgIpc) is 2.63. The molecule has 1 aromatic heterocycles. The highest BCUT2D eigenvalue weighted by Crippen LogP contribution is 2.18. The van der Waals surface area contributed by atoms with Crippen molar-refractivity contribution in [2.24, 2.45) is 0 Å². The van der Waals surface area contributed by atoms with E-state index in [9.17, 15) is 0 Å². The second-order valence-electron chi connectivity index (χ2n) is 3.46. The van der Waals surface area contributed by atoms with Gasteiger partial charge in [0.05, 0.1) is 19.3 Å². The summed E-state index contributed by atoms with van der Waals surface area (Å²) >= 11 is 6.04. The van der Waals surface area contributed by atoms with Crippen molar-refractivity contribution < 1.29 is 5.11 Å². The first-order valence-corrected chi connectivity index (χ1v) is 5.24. The van der Waals surface area contributed by atoms with Gasteiger partial charge >= 0.3 is 0 Å². The first kappa shape index (κ1) is 11.0. The fourth-order valence-corrected chi connectivity index (χ4v) is 1.66. The molecule has 0 bridgehead atoms. The first-order chi connectivity index (χ1) is 7.72. The van der Waals surface area contributed by atoms with Crippen LogP contribution in [0.4, 0.5) is 5.82 Å². The number of anilines is 1. The second-order valence-corrected chi connectivity index (χ2v) is 3.87. The van der Waals surface area contributed by atoms with Gasteiger partial charge in [0.2, 0.25) is 0 Å². The molecule has 0 unspecified atom stereocenters. The van der Waals surface area contributed by atoms with Crippen molar-refractivity contribution in [1.29, 1.82) is 0 Å². The molecule has 5 heteroatoms. The maximum Gasteiger partial charge on any atom is 0.127 e. The van der Waals surface area contributed by atoms with Crippen LogP contribution in [0.25, 0.3) is 0 Å². The zero-order valence-corrected chi connectivity index (χ0v) is 9.35. The molecule has 16 heavy (non-hydrogen) atoms. The molecule has 84 valence electrons. The van der Waals surface area contributed by atoms with Gasteiger partial charge in [-0.15, -0.1) is 0 Å². The molecule has 1 aromatic carbocycles. The molecular formula is C11H12ClN3O. The zero-order chi connectivity index (χ0) is 11.5. The van der Waals surface area contributed by atoms with Crippen LogP contribution in [0, 0.1) is 0 Å². The van der Waals surface area contributed by atoms with Crippen LogP contribution in [0.2, 0.25) is 5.02 Å². The summed E-state index contributed by atoms with van der Waals surface area (Å²) < 4.78 is 1.62. The third-order valence-electron chi connectivity index (χ3n) is 2.41. The lowest BCUT2D eigenvalue weighted by molar-refractivity contribution is 0.282. The summed E-state index contributed by atoms with van der Waals surface area (Å²) in [6.07, 6.45) is 1.56. The Balaban J connectivity index is 2.27. The topological polar surface area (TPSA) is 64.1 Å². The van der Waals surface area contributed by atoms with E-state index in [4.69, 9.17) is 22.4 Å². The highest BCUT2D eigenvalue weighted by molar-refractivity contribution is 6.31. The van der Waals surface area contributed by atoms with Crippen LogP contribution >= 0.6 is 11.6 Å². The molecule has 0 spiro atoms. The molecule has 0 aliphatic heterocycles. The van der Waals surface area contributed by atoms with Crippen molar-refractivity contribution in [1.82, 2.24) is 9.78 Å². The lowest BCUT2D eigenvalue weighted by atomic mass is 10.2. The summed E-state index contributed by atoms with van der Waals surface area (Å²) in [5, 5.41) is 13.8. The molecule has 0 radical (unpaired) electrons. The van der Waals surface area contributed by atoms with E-state index in [2.05, 4.69) is 5.10 Å². The molecule has 0 atom stereocenters. The molecule has 4 nitrogen and oxygen atoms in total. The minimum Gasteiger partial charge on any atom is -0.391 e. The molecule has 2 aromatic rings. The predicted molar refractivity (Wildman–Crippen MR) is 63.1 cm³/mol. The quantitative estimate of drug-likeness (QED) is 0.853. The minimum absolute atomic E-state index is 0.103. The van der Waals surface area contributed by atoms with Crippen molar-refractivity contribution in [2.45, 2.75) is 13.2 Å². The van der Waals surface area contributed by atoms with Crippen LogP contribution in [0.3, 0.4) is 0 Å². The van der Waals surface area contributed by atoms with Gasteiger partial charge in [-0.2, -0.15) is 5.10 Å². The zero-order valence-electron chi connectivity index (χ0n) is 8.60. The molecule has 0 fully saturated rings. The van der Waals surface area contributed by atoms with Gasteiger partial charge in [0.15, 0.2) is 0 Å². The van der Waals surface area contributed by atoms with E-state index < -0.39 is 0 Å². The second kappa shape index (κ2) is 4.55. The molecule has 0 aliphatic carbocycles. The van der Waals surface area contributed by atoms with Crippen molar-refractivity contribution in [3.63, 3.8) is 0 Å². The van der Waals surface area contributed by atoms with Crippen LogP contribution in [0.15, 0.2) is 30.5 Å². The van der Waals surface area contributed by atoms with Crippen molar-refractivity contribution in [3.05, 3.63) is 46.6 Å². The first-order valence-electron chi connectivity index (χ1n) is 4.87. The SMILES string of the molecule is Nc1c(CO)cnn1Cc1ccccc1Cl. The van der Waals surface area contributed by atoms with Gasteiger partial charge in [-0.25, -0.2) is 4.68 Å². The number of hydrogen-bond acceptors (Lipinski definition) is 3. The highest BCUT2D eigenvalue weighted by Gasteiger charge is 2.07. The molecular weight excluding hydrogens is 226 g/mol. The van der Waals surface area contributed by atoms with Crippen LogP contribution < -0.4 is 5.73 Å². The van der Waals surface area contributed by atoms with Gasteiger partial charge in [0.25, 0.3) is 0 Å². The lowest BCUT2D eigenvalue weighted by Gasteiger charge is -2.06. The number of benzene rings is 1. The Kier molecular flexibility index (Phi) is 3.12. The fraction of sp³-hybridized carbons (Fsp3) is 0.182. The highest BCUT2D eigenvalue weighted by atomic mass is 35.5. The number of aliphatic hydroxyl groups is 1. The van der Waals surface area contributed by atoms with E-state index in [1.165, 1.54) is 0 Å². The van der Waals surface area contributed by atoms with E-state index in [1.54, 1.807) is 10.9 Å². The third kappa shape index (κ3) is 2.03. The van der Waals surface area contributed by atoms with Gasteiger partial charge in [0, 0.05) is 10.6 Å². The van der Waals surface area contributed by atoms with E-state index in [0.717, 1.165) is 5.56 Å². The number of nitrogen functional groups attached to an aromatic ring is 1. The number of nitrogens with two attached hydrogens (primary N) is 1. The van der Waals surface area contributed by atoms with Crippen molar-refractivity contribution in [2.75, 3.05) is 5.73 Å². The summed E-state index contributed by atoms with van der Waals surface area (Å²) in [4.78, 5) is 0. The number of nitrogens with zero attached hydrogens (tertiary/aromatic N) is 2. The van der Waals surface area contributed by atoms with Crippen LogP contribution in [-0.4, -0.2) is 14.9 Å². The number of aromatic nitrogens is 2. The maximum atomic E-state index is 8.99. The van der Waals surface area contributed by atoms with Crippen LogP contribution in [-0.2, 0) is 13.2 Å². The van der Waals surface area contributed by atoms with Crippen molar-refractivity contribution >= 4 is 17.4 Å². The van der Waals surface area contributed by atoms with Gasteiger partial charge in [-0.1, -0.05) is 29.8 Å². The molecule has 2 rings (SSSR count). The molecule has 0 saturated heterocycles. The summed E-state index contributed by atoms with van der Waals surface area (Å²) in [5.74, 6) is 0.474. The summed E-state index contributed by atoms with van der Waals surface area (Å²) in [6, 6.07) is 7.52. The van der Waals surface area contributed by atoms with Crippen LogP contribution in [0.1, 0.15) is 11.1 Å². The average molecular weight is 238 g/mol. The predicted octanol–water partition coefficient (Wildman–Crippen LogP) is 1.66. The van der Waals surface area contributed by atoms with Crippen LogP contribution in [0.5, 0.6) is 0 Å². The Morgan fingerprint density at radius 3 is 2.69 bits per heavy atom. The Hall–Kier alpha value is -1.52. The van der Waals surface area contributed by atoms with Gasteiger partial charge in [-0.3, -0.25) is 0 Å². The Labute approximate surface area is 98.3 Å². The molecule has 3 N–H and O–H groups in total. The third-order valence-corrected chi connectivity index (χ3v) is 2.78. The summed E-state index contributed by atoms with van der Waals surface area (Å²) in [6.45, 7) is 0.403. The normalized spacial score (nSPS) is 10.6. The van der Waals surface area contributed by atoms with Gasteiger partial charge in [-0.05, 0) is 11.6 Å². The van der Waals surface area contributed by atoms with E-state index >= 15 is 0 Å². The van der Waals surface area contributed by atoms with E-state index in [-0.39, 0.29) is 6.61 Å². The Morgan fingerprint density at radius 2 is 2.06 bits per heavy atom. The number of hydrogen-bond donors (Lipinski definition) is 2. The monoisotopic (exact) mass is 237 g/mol. The molecule has 1 heterocycles. The summed E-state index contributed by atoms with van der Waals surface area (Å²) in [7, 11) is 0. The standard InChI is InChI=1S/C11H12ClN3O/c12-10-4-2-1-3-8(10)6-15-11(13)9(7-16)5-14-15/h1-5,16H,6-7,13H2. The maximum absolute atomic E-state index is 8.99. The minimum atomic E-state index is -0.103. The van der Waals surface area contributed by atoms with Gasteiger partial charge < -0.3 is 10.8 Å². The Morgan fingerprint density at radius 1 is 1.31 bits per heavy atom. The van der Waals surface area contributed by atoms with Gasteiger partial charge in [0.1, 0.15) is 5.82 Å². The fourth-order valence-electron chi connectivity index (χ4n) is 1.47. The summed E-state index contributed by atoms with van der Waals surface area (Å²) in [5.41, 5.74) is 7.39. The number of aliphatic hydroxyl groups excluding tert-OH is 1. The smallest absolute Gasteiger partial charge is 0.127 e. The van der Waals surface area contributed by atoms with Crippen molar-refractivity contribution in [3.8, 4) is 0 Å². The number of rotatable bonds is 3. The number of halogens is 1. The lowest BCUT2D eigenvalue weighted by Crippen LogP contribution is -2.07. The van der Waals surface area contributed by atoms with E-state index in [0.29, 0.717) is 22.9 Å². The molecule has 0 amide bonds. The Bertz CT molecular complexity index is 496.